The maximum absolute atomic E-state index is 6.09. The first kappa shape index (κ1) is 12.1. The molecule has 2 heterocycles. The zero-order valence-electron chi connectivity index (χ0n) is 10.1. The lowest BCUT2D eigenvalue weighted by atomic mass is 10.2. The van der Waals surface area contributed by atoms with E-state index < -0.39 is 0 Å². The molecule has 0 bridgehead atoms. The number of thiophene rings is 1. The molecule has 3 rings (SSSR count). The monoisotopic (exact) mass is 281 g/mol. The van der Waals surface area contributed by atoms with E-state index in [9.17, 15) is 0 Å². The van der Waals surface area contributed by atoms with Crippen molar-refractivity contribution < 1.29 is 0 Å². The van der Waals surface area contributed by atoms with Crippen LogP contribution < -0.4 is 5.73 Å². The second-order valence-corrected chi connectivity index (χ2v) is 6.64. The number of thioether (sulfide) groups is 1. The van der Waals surface area contributed by atoms with Gasteiger partial charge in [0, 0.05) is 10.9 Å². The Kier molecular flexibility index (Phi) is 3.36. The lowest BCUT2D eigenvalue weighted by Gasteiger charge is -2.18. The van der Waals surface area contributed by atoms with Gasteiger partial charge in [-0.15, -0.1) is 16.4 Å². The summed E-state index contributed by atoms with van der Waals surface area (Å²) in [5.74, 6) is 0. The molecule has 0 saturated heterocycles. The fraction of sp³-hybridized carbons (Fsp3) is 0.545. The SMILES string of the molecule is CC(N)C(Sc1nnnn1C1CC1)c1cccs1. The summed E-state index contributed by atoms with van der Waals surface area (Å²) in [5, 5.41) is 15.2. The fourth-order valence-corrected chi connectivity index (χ4v) is 3.95. The van der Waals surface area contributed by atoms with Crippen LogP contribution in [0, 0.1) is 0 Å². The summed E-state index contributed by atoms with van der Waals surface area (Å²) >= 11 is 3.40. The minimum Gasteiger partial charge on any atom is -0.327 e. The van der Waals surface area contributed by atoms with Crippen molar-refractivity contribution in [2.24, 2.45) is 5.73 Å². The normalized spacial score (nSPS) is 18.8. The molecule has 5 nitrogen and oxygen atoms in total. The Labute approximate surface area is 114 Å². The van der Waals surface area contributed by atoms with Crippen LogP contribution in [0.1, 0.15) is 35.9 Å². The summed E-state index contributed by atoms with van der Waals surface area (Å²) < 4.78 is 1.94. The Hall–Kier alpha value is -0.920. The molecule has 0 amide bonds. The van der Waals surface area contributed by atoms with Crippen LogP contribution in [-0.4, -0.2) is 26.2 Å². The Morgan fingerprint density at radius 2 is 2.39 bits per heavy atom. The molecule has 18 heavy (non-hydrogen) atoms. The van der Waals surface area contributed by atoms with E-state index in [2.05, 4.69) is 33.0 Å². The summed E-state index contributed by atoms with van der Waals surface area (Å²) in [6.45, 7) is 2.03. The highest BCUT2D eigenvalue weighted by Crippen LogP contribution is 2.42. The number of rotatable bonds is 5. The van der Waals surface area contributed by atoms with Crippen molar-refractivity contribution in [3.8, 4) is 0 Å². The van der Waals surface area contributed by atoms with Crippen molar-refractivity contribution in [3.63, 3.8) is 0 Å². The van der Waals surface area contributed by atoms with Gasteiger partial charge in [-0.1, -0.05) is 17.8 Å². The van der Waals surface area contributed by atoms with Gasteiger partial charge in [0.15, 0.2) is 0 Å². The first-order valence-electron chi connectivity index (χ1n) is 5.99. The van der Waals surface area contributed by atoms with Gasteiger partial charge in [0.25, 0.3) is 0 Å². The minimum absolute atomic E-state index is 0.0676. The van der Waals surface area contributed by atoms with Gasteiger partial charge < -0.3 is 5.73 Å². The van der Waals surface area contributed by atoms with E-state index in [1.165, 1.54) is 17.7 Å². The quantitative estimate of drug-likeness (QED) is 0.851. The average Bonchev–Trinajstić information content (AvgIpc) is 2.89. The van der Waals surface area contributed by atoms with E-state index in [0.29, 0.717) is 6.04 Å². The maximum Gasteiger partial charge on any atom is 0.210 e. The fourth-order valence-electron chi connectivity index (χ4n) is 1.80. The van der Waals surface area contributed by atoms with Crippen LogP contribution in [0.5, 0.6) is 0 Å². The van der Waals surface area contributed by atoms with Crippen molar-refractivity contribution >= 4 is 23.1 Å². The first-order valence-corrected chi connectivity index (χ1v) is 7.75. The maximum atomic E-state index is 6.09. The molecule has 2 atom stereocenters. The van der Waals surface area contributed by atoms with E-state index in [4.69, 9.17) is 5.73 Å². The third-order valence-corrected chi connectivity index (χ3v) is 5.41. The van der Waals surface area contributed by atoms with Gasteiger partial charge in [-0.3, -0.25) is 0 Å². The van der Waals surface area contributed by atoms with Crippen LogP contribution in [0.3, 0.4) is 0 Å². The van der Waals surface area contributed by atoms with Crippen molar-refractivity contribution in [1.29, 1.82) is 0 Å². The molecule has 1 saturated carbocycles. The van der Waals surface area contributed by atoms with Crippen LogP contribution in [0.2, 0.25) is 0 Å². The molecule has 7 heteroatoms. The average molecular weight is 281 g/mol. The highest BCUT2D eigenvalue weighted by molar-refractivity contribution is 7.99. The molecule has 2 aromatic rings. The smallest absolute Gasteiger partial charge is 0.210 e. The zero-order valence-corrected chi connectivity index (χ0v) is 11.7. The summed E-state index contributed by atoms with van der Waals surface area (Å²) in [4.78, 5) is 1.28. The van der Waals surface area contributed by atoms with E-state index >= 15 is 0 Å². The molecule has 2 unspecified atom stereocenters. The van der Waals surface area contributed by atoms with Gasteiger partial charge in [0.05, 0.1) is 11.3 Å². The molecule has 1 aliphatic rings. The predicted octanol–water partition coefficient (Wildman–Crippen LogP) is 2.25. The number of aromatic nitrogens is 4. The van der Waals surface area contributed by atoms with Gasteiger partial charge in [-0.2, -0.15) is 0 Å². The van der Waals surface area contributed by atoms with Crippen molar-refractivity contribution in [3.05, 3.63) is 22.4 Å². The highest BCUT2D eigenvalue weighted by Gasteiger charge is 2.30. The third-order valence-electron chi connectivity index (χ3n) is 2.89. The predicted molar refractivity (Wildman–Crippen MR) is 72.7 cm³/mol. The molecule has 0 aromatic carbocycles. The van der Waals surface area contributed by atoms with Gasteiger partial charge >= 0.3 is 0 Å². The van der Waals surface area contributed by atoms with E-state index in [0.717, 1.165) is 5.16 Å². The molecule has 0 spiro atoms. The van der Waals surface area contributed by atoms with E-state index in [1.54, 1.807) is 23.1 Å². The Bertz CT molecular complexity index is 503. The number of nitrogens with two attached hydrogens (primary N) is 1. The molecule has 2 N–H and O–H groups in total. The Balaban J connectivity index is 1.82. The molecule has 0 aliphatic heterocycles. The number of nitrogens with zero attached hydrogens (tertiary/aromatic N) is 4. The van der Waals surface area contributed by atoms with Crippen LogP contribution in [0.4, 0.5) is 0 Å². The second-order valence-electron chi connectivity index (χ2n) is 4.55. The second kappa shape index (κ2) is 4.99. The van der Waals surface area contributed by atoms with E-state index in [-0.39, 0.29) is 11.3 Å². The summed E-state index contributed by atoms with van der Waals surface area (Å²) in [6, 6.07) is 4.74. The molecular formula is C11H15N5S2. The Morgan fingerprint density at radius 1 is 1.56 bits per heavy atom. The largest absolute Gasteiger partial charge is 0.327 e. The van der Waals surface area contributed by atoms with Crippen LogP contribution >= 0.6 is 23.1 Å². The zero-order chi connectivity index (χ0) is 12.5. The number of hydrogen-bond donors (Lipinski definition) is 1. The molecule has 1 aliphatic carbocycles. The van der Waals surface area contributed by atoms with Crippen molar-refractivity contribution in [2.45, 2.75) is 42.3 Å². The number of tetrazole rings is 1. The van der Waals surface area contributed by atoms with Gasteiger partial charge in [0.2, 0.25) is 5.16 Å². The van der Waals surface area contributed by atoms with Crippen molar-refractivity contribution in [2.75, 3.05) is 0 Å². The number of hydrogen-bond acceptors (Lipinski definition) is 6. The van der Waals surface area contributed by atoms with Gasteiger partial charge in [-0.05, 0) is 41.6 Å². The Morgan fingerprint density at radius 3 is 3.00 bits per heavy atom. The van der Waals surface area contributed by atoms with Crippen LogP contribution in [-0.2, 0) is 0 Å². The van der Waals surface area contributed by atoms with E-state index in [1.807, 2.05) is 11.6 Å². The molecular weight excluding hydrogens is 266 g/mol. The molecule has 0 radical (unpaired) electrons. The molecule has 96 valence electrons. The topological polar surface area (TPSA) is 69.6 Å². The van der Waals surface area contributed by atoms with Crippen LogP contribution in [0.25, 0.3) is 0 Å². The standard InChI is InChI=1S/C11H15N5S2/c1-7(12)10(9-3-2-6-17-9)18-11-13-14-15-16(11)8-4-5-8/h2-3,6-8,10H,4-5,12H2,1H3. The highest BCUT2D eigenvalue weighted by atomic mass is 32.2. The first-order chi connectivity index (χ1) is 8.75. The summed E-state index contributed by atoms with van der Waals surface area (Å²) in [7, 11) is 0. The summed E-state index contributed by atoms with van der Waals surface area (Å²) in [6.07, 6.45) is 2.36. The lowest BCUT2D eigenvalue weighted by Crippen LogP contribution is -2.22. The van der Waals surface area contributed by atoms with Crippen molar-refractivity contribution in [1.82, 2.24) is 20.2 Å². The molecule has 2 aromatic heterocycles. The van der Waals surface area contributed by atoms with Crippen LogP contribution in [0.15, 0.2) is 22.7 Å². The van der Waals surface area contributed by atoms with Gasteiger partial charge in [-0.25, -0.2) is 4.68 Å². The van der Waals surface area contributed by atoms with Gasteiger partial charge in [0.1, 0.15) is 0 Å². The summed E-state index contributed by atoms with van der Waals surface area (Å²) in [5.41, 5.74) is 6.09. The molecule has 1 fully saturated rings. The lowest BCUT2D eigenvalue weighted by molar-refractivity contribution is 0.563. The minimum atomic E-state index is 0.0676. The third kappa shape index (κ3) is 2.43.